The molecule has 2 unspecified atom stereocenters. The van der Waals surface area contributed by atoms with Crippen LogP contribution in [0.5, 0.6) is 5.75 Å². The summed E-state index contributed by atoms with van der Waals surface area (Å²) in [4.78, 5) is 17.8. The minimum absolute atomic E-state index is 0.0159. The van der Waals surface area contributed by atoms with E-state index in [-0.39, 0.29) is 12.1 Å². The first kappa shape index (κ1) is 24.4. The highest BCUT2D eigenvalue weighted by Gasteiger charge is 2.38. The smallest absolute Gasteiger partial charge is 0.410 e. The van der Waals surface area contributed by atoms with Crippen molar-refractivity contribution in [1.82, 2.24) is 9.80 Å². The van der Waals surface area contributed by atoms with E-state index in [2.05, 4.69) is 48.3 Å². The van der Waals surface area contributed by atoms with Crippen LogP contribution < -0.4 is 4.74 Å². The second kappa shape index (κ2) is 11.2. The van der Waals surface area contributed by atoms with Gasteiger partial charge in [0.2, 0.25) is 0 Å². The van der Waals surface area contributed by atoms with Gasteiger partial charge in [0.1, 0.15) is 12.4 Å². The number of methoxy groups -OCH3 is 1. The molecule has 1 amide bonds. The van der Waals surface area contributed by atoms with Crippen molar-refractivity contribution in [2.75, 3.05) is 20.7 Å². The van der Waals surface area contributed by atoms with Gasteiger partial charge in [0, 0.05) is 19.1 Å². The minimum atomic E-state index is -0.217. The van der Waals surface area contributed by atoms with Crippen LogP contribution >= 0.6 is 0 Å². The van der Waals surface area contributed by atoms with Crippen molar-refractivity contribution in [3.8, 4) is 5.75 Å². The van der Waals surface area contributed by atoms with Crippen LogP contribution in [0.25, 0.3) is 0 Å². The van der Waals surface area contributed by atoms with E-state index in [1.165, 1.54) is 29.5 Å². The van der Waals surface area contributed by atoms with Gasteiger partial charge < -0.3 is 14.4 Å². The molecule has 0 aromatic heterocycles. The van der Waals surface area contributed by atoms with Crippen LogP contribution in [0.2, 0.25) is 0 Å². The molecule has 1 aliphatic carbocycles. The number of ether oxygens (including phenoxy) is 2. The van der Waals surface area contributed by atoms with Gasteiger partial charge in [0.05, 0.1) is 13.2 Å². The molecule has 188 valence electrons. The molecule has 36 heavy (non-hydrogen) atoms. The molecule has 1 saturated carbocycles. The minimum Gasteiger partial charge on any atom is -0.497 e. The van der Waals surface area contributed by atoms with Gasteiger partial charge in [0.25, 0.3) is 0 Å². The Morgan fingerprint density at radius 2 is 1.58 bits per heavy atom. The Labute approximate surface area is 214 Å². The van der Waals surface area contributed by atoms with Crippen LogP contribution in [0.15, 0.2) is 78.9 Å². The number of piperidine rings is 1. The van der Waals surface area contributed by atoms with Gasteiger partial charge in [-0.1, -0.05) is 66.7 Å². The monoisotopic (exact) mass is 484 g/mol. The fourth-order valence-corrected chi connectivity index (χ4v) is 5.39. The van der Waals surface area contributed by atoms with Crippen LogP contribution in [0.3, 0.4) is 0 Å². The van der Waals surface area contributed by atoms with Gasteiger partial charge in [0.15, 0.2) is 0 Å². The molecular weight excluding hydrogens is 448 g/mol. The van der Waals surface area contributed by atoms with E-state index in [9.17, 15) is 4.79 Å². The second-order valence-electron chi connectivity index (χ2n) is 10.1. The third-order valence-electron chi connectivity index (χ3n) is 7.60. The van der Waals surface area contributed by atoms with Gasteiger partial charge in [-0.15, -0.1) is 0 Å². The largest absolute Gasteiger partial charge is 0.497 e. The van der Waals surface area contributed by atoms with Crippen LogP contribution in [-0.2, 0) is 17.9 Å². The Morgan fingerprint density at radius 1 is 0.889 bits per heavy atom. The molecule has 1 saturated heterocycles. The highest BCUT2D eigenvalue weighted by atomic mass is 16.6. The molecule has 5 heteroatoms. The molecule has 5 rings (SSSR count). The lowest BCUT2D eigenvalue weighted by Crippen LogP contribution is -2.47. The van der Waals surface area contributed by atoms with E-state index < -0.39 is 0 Å². The molecule has 2 aliphatic rings. The highest BCUT2D eigenvalue weighted by molar-refractivity contribution is 5.69. The topological polar surface area (TPSA) is 42.0 Å². The van der Waals surface area contributed by atoms with E-state index >= 15 is 0 Å². The summed E-state index contributed by atoms with van der Waals surface area (Å²) in [6.07, 6.45) is 4.09. The Kier molecular flexibility index (Phi) is 7.57. The number of benzene rings is 3. The summed E-state index contributed by atoms with van der Waals surface area (Å²) in [5, 5.41) is 0. The van der Waals surface area contributed by atoms with Gasteiger partial charge in [-0.3, -0.25) is 4.90 Å². The molecule has 3 aromatic carbocycles. The van der Waals surface area contributed by atoms with E-state index in [0.29, 0.717) is 25.1 Å². The lowest BCUT2D eigenvalue weighted by atomic mass is 9.87. The third kappa shape index (κ3) is 5.73. The second-order valence-corrected chi connectivity index (χ2v) is 10.1. The van der Waals surface area contributed by atoms with Gasteiger partial charge in [-0.05, 0) is 73.0 Å². The Bertz CT molecular complexity index is 1140. The fraction of sp³-hybridized carbons (Fsp3) is 0.387. The highest BCUT2D eigenvalue weighted by Crippen LogP contribution is 2.45. The molecule has 0 N–H and O–H groups in total. The van der Waals surface area contributed by atoms with Gasteiger partial charge >= 0.3 is 6.09 Å². The van der Waals surface area contributed by atoms with Crippen LogP contribution in [0.1, 0.15) is 59.9 Å². The maximum atomic E-state index is 13.4. The normalized spacial score (nSPS) is 19.8. The first-order valence-electron chi connectivity index (χ1n) is 13.0. The molecule has 5 nitrogen and oxygen atoms in total. The SMILES string of the molecule is COc1ccc(CN(C)C2CCN(C(=O)OCc3ccccc3)C(c3ccccc3C3CC3)C2)cc1. The summed E-state index contributed by atoms with van der Waals surface area (Å²) in [5.41, 5.74) is 4.97. The molecule has 1 heterocycles. The average molecular weight is 485 g/mol. The Hall–Kier alpha value is -3.31. The van der Waals surface area contributed by atoms with Crippen LogP contribution in [0, 0.1) is 0 Å². The van der Waals surface area contributed by atoms with Gasteiger partial charge in [-0.25, -0.2) is 4.79 Å². The van der Waals surface area contributed by atoms with E-state index in [0.717, 1.165) is 30.7 Å². The molecule has 2 atom stereocenters. The summed E-state index contributed by atoms with van der Waals surface area (Å²) in [7, 11) is 3.89. The van der Waals surface area contributed by atoms with Crippen molar-refractivity contribution in [1.29, 1.82) is 0 Å². The number of rotatable bonds is 8. The number of hydrogen-bond donors (Lipinski definition) is 0. The van der Waals surface area contributed by atoms with Crippen molar-refractivity contribution >= 4 is 6.09 Å². The van der Waals surface area contributed by atoms with Crippen molar-refractivity contribution < 1.29 is 14.3 Å². The Morgan fingerprint density at radius 3 is 2.28 bits per heavy atom. The van der Waals surface area contributed by atoms with E-state index in [1.807, 2.05) is 47.4 Å². The molecule has 1 aliphatic heterocycles. The van der Waals surface area contributed by atoms with Crippen molar-refractivity contribution in [3.05, 3.63) is 101 Å². The fourth-order valence-electron chi connectivity index (χ4n) is 5.39. The Balaban J connectivity index is 1.33. The third-order valence-corrected chi connectivity index (χ3v) is 7.60. The summed E-state index contributed by atoms with van der Waals surface area (Å²) in [6.45, 7) is 1.85. The zero-order valence-corrected chi connectivity index (χ0v) is 21.3. The quantitative estimate of drug-likeness (QED) is 0.364. The van der Waals surface area contributed by atoms with E-state index in [4.69, 9.17) is 9.47 Å². The number of likely N-dealkylation sites (tertiary alicyclic amines) is 1. The predicted octanol–water partition coefficient (Wildman–Crippen LogP) is 6.55. The summed E-state index contributed by atoms with van der Waals surface area (Å²) in [6, 6.07) is 27.3. The van der Waals surface area contributed by atoms with Crippen molar-refractivity contribution in [3.63, 3.8) is 0 Å². The maximum Gasteiger partial charge on any atom is 0.410 e. The van der Waals surface area contributed by atoms with Crippen molar-refractivity contribution in [2.45, 2.75) is 56.8 Å². The van der Waals surface area contributed by atoms with E-state index in [1.54, 1.807) is 7.11 Å². The first-order chi connectivity index (χ1) is 17.6. The summed E-state index contributed by atoms with van der Waals surface area (Å²) in [5.74, 6) is 1.50. The number of nitrogens with zero attached hydrogens (tertiary/aromatic N) is 2. The molecule has 0 radical (unpaired) electrons. The van der Waals surface area contributed by atoms with Gasteiger partial charge in [-0.2, -0.15) is 0 Å². The van der Waals surface area contributed by atoms with Crippen molar-refractivity contribution in [2.24, 2.45) is 0 Å². The number of carbonyl (C=O) groups is 1. The number of carbonyl (C=O) groups excluding carboxylic acids is 1. The summed E-state index contributed by atoms with van der Waals surface area (Å²) < 4.78 is 11.1. The average Bonchev–Trinajstić information content (AvgIpc) is 3.78. The van der Waals surface area contributed by atoms with Crippen LogP contribution in [-0.4, -0.2) is 42.6 Å². The predicted molar refractivity (Wildman–Crippen MR) is 142 cm³/mol. The lowest BCUT2D eigenvalue weighted by Gasteiger charge is -2.42. The number of hydrogen-bond acceptors (Lipinski definition) is 4. The molecular formula is C31H36N2O3. The standard InChI is InChI=1S/C31H36N2O3/c1-32(21-23-12-16-27(35-2)17-13-23)26-18-19-33(31(34)36-22-24-8-4-3-5-9-24)30(20-26)29-11-7-6-10-28(29)25-14-15-25/h3-13,16-17,25-26,30H,14-15,18-22H2,1-2H3. The lowest BCUT2D eigenvalue weighted by molar-refractivity contribution is 0.0435. The molecule has 0 bridgehead atoms. The zero-order valence-electron chi connectivity index (χ0n) is 21.3. The summed E-state index contributed by atoms with van der Waals surface area (Å²) >= 11 is 0. The number of amides is 1. The maximum absolute atomic E-state index is 13.4. The zero-order chi connectivity index (χ0) is 24.9. The van der Waals surface area contributed by atoms with Crippen LogP contribution in [0.4, 0.5) is 4.79 Å². The molecule has 2 fully saturated rings. The first-order valence-corrected chi connectivity index (χ1v) is 13.0. The molecule has 0 spiro atoms. The molecule has 3 aromatic rings.